The van der Waals surface area contributed by atoms with Crippen LogP contribution in [0.15, 0.2) is 35.1 Å². The first-order valence-corrected chi connectivity index (χ1v) is 8.33. The van der Waals surface area contributed by atoms with Crippen molar-refractivity contribution >= 4 is 27.5 Å². The second-order valence-electron chi connectivity index (χ2n) is 4.59. The molecular weight excluding hydrogens is 330 g/mol. The average molecular weight is 342 g/mol. The van der Waals surface area contributed by atoms with E-state index in [2.05, 4.69) is 5.10 Å². The normalized spacial score (nSPS) is 11.2. The molecule has 0 saturated carbocycles. The van der Waals surface area contributed by atoms with Crippen molar-refractivity contribution in [1.82, 2.24) is 14.5 Å². The topological polar surface area (TPSA) is 98.1 Å². The summed E-state index contributed by atoms with van der Waals surface area (Å²) in [6.45, 7) is 1.64. The summed E-state index contributed by atoms with van der Waals surface area (Å²) in [5.74, 6) is -1.07. The third-order valence-corrected chi connectivity index (χ3v) is 3.48. The molecule has 0 aliphatic carbocycles. The number of aryl methyl sites for hydroxylation is 1. The summed E-state index contributed by atoms with van der Waals surface area (Å²) < 4.78 is 25.3. The Labute approximate surface area is 131 Å². The van der Waals surface area contributed by atoms with Crippen molar-refractivity contribution in [1.29, 1.82) is 0 Å². The van der Waals surface area contributed by atoms with Crippen LogP contribution < -0.4 is 10.2 Å². The number of carbonyl (C=O) groups is 1. The average Bonchev–Trinajstić information content (AvgIpc) is 2.38. The van der Waals surface area contributed by atoms with Gasteiger partial charge < -0.3 is 0 Å². The van der Waals surface area contributed by atoms with E-state index in [1.165, 1.54) is 10.7 Å². The number of amides is 1. The third-order valence-electron chi connectivity index (χ3n) is 2.67. The molecule has 7 nitrogen and oxygen atoms in total. The predicted molar refractivity (Wildman–Crippen MR) is 81.9 cm³/mol. The van der Waals surface area contributed by atoms with E-state index in [9.17, 15) is 18.0 Å². The van der Waals surface area contributed by atoms with Crippen LogP contribution in [0.1, 0.15) is 16.2 Å². The van der Waals surface area contributed by atoms with E-state index in [1.807, 2.05) is 0 Å². The Kier molecular flexibility index (Phi) is 4.34. The van der Waals surface area contributed by atoms with Crippen LogP contribution in [0.25, 0.3) is 5.69 Å². The Hall–Kier alpha value is -2.19. The first-order valence-electron chi connectivity index (χ1n) is 6.06. The molecule has 116 valence electrons. The number of aromatic nitrogens is 2. The molecule has 0 atom stereocenters. The maximum atomic E-state index is 11.9. The zero-order chi connectivity index (χ0) is 16.5. The minimum absolute atomic E-state index is 0.489. The quantitative estimate of drug-likeness (QED) is 0.893. The lowest BCUT2D eigenvalue weighted by molar-refractivity contribution is 0.0974. The standard InChI is InChI=1S/C13H12ClN3O4S/c1-8-7-11(18)12(13(19)16-22(2,20)21)15-17(8)10-5-3-9(14)4-6-10/h3-7H,1-2H3,(H,16,19). The number of rotatable bonds is 3. The van der Waals surface area contributed by atoms with Crippen LogP contribution in [-0.4, -0.2) is 30.4 Å². The first kappa shape index (κ1) is 16.2. The van der Waals surface area contributed by atoms with E-state index in [0.29, 0.717) is 16.4 Å². The van der Waals surface area contributed by atoms with E-state index in [4.69, 9.17) is 11.6 Å². The van der Waals surface area contributed by atoms with Crippen molar-refractivity contribution in [2.24, 2.45) is 0 Å². The van der Waals surface area contributed by atoms with Gasteiger partial charge in [0, 0.05) is 16.8 Å². The molecule has 1 heterocycles. The van der Waals surface area contributed by atoms with Gasteiger partial charge in [-0.15, -0.1) is 0 Å². The summed E-state index contributed by atoms with van der Waals surface area (Å²) in [5.41, 5.74) is -0.103. The third kappa shape index (κ3) is 3.71. The van der Waals surface area contributed by atoms with Crippen LogP contribution in [0.3, 0.4) is 0 Å². The minimum Gasteiger partial charge on any atom is -0.287 e. The Morgan fingerprint density at radius 1 is 1.27 bits per heavy atom. The van der Waals surface area contributed by atoms with Crippen molar-refractivity contribution in [3.63, 3.8) is 0 Å². The van der Waals surface area contributed by atoms with Gasteiger partial charge >= 0.3 is 0 Å². The van der Waals surface area contributed by atoms with Gasteiger partial charge in [-0.3, -0.25) is 9.59 Å². The Morgan fingerprint density at radius 3 is 2.41 bits per heavy atom. The van der Waals surface area contributed by atoms with Crippen molar-refractivity contribution in [2.75, 3.05) is 6.26 Å². The van der Waals surface area contributed by atoms with E-state index in [-0.39, 0.29) is 0 Å². The summed E-state index contributed by atoms with van der Waals surface area (Å²) in [7, 11) is -3.79. The van der Waals surface area contributed by atoms with Crippen LogP contribution in [0.2, 0.25) is 5.02 Å². The molecule has 0 saturated heterocycles. The number of carbonyl (C=O) groups excluding carboxylic acids is 1. The van der Waals surface area contributed by atoms with Crippen molar-refractivity contribution < 1.29 is 13.2 Å². The van der Waals surface area contributed by atoms with Crippen LogP contribution in [-0.2, 0) is 10.0 Å². The molecule has 1 aromatic carbocycles. The van der Waals surface area contributed by atoms with Crippen LogP contribution >= 0.6 is 11.6 Å². The minimum atomic E-state index is -3.79. The smallest absolute Gasteiger partial charge is 0.287 e. The fourth-order valence-electron chi connectivity index (χ4n) is 1.77. The number of halogens is 1. The van der Waals surface area contributed by atoms with Crippen LogP contribution in [0.5, 0.6) is 0 Å². The zero-order valence-electron chi connectivity index (χ0n) is 11.7. The second-order valence-corrected chi connectivity index (χ2v) is 6.78. The van der Waals surface area contributed by atoms with E-state index in [0.717, 1.165) is 6.26 Å². The number of benzene rings is 1. The number of hydrogen-bond acceptors (Lipinski definition) is 5. The van der Waals surface area contributed by atoms with Crippen molar-refractivity contribution in [2.45, 2.75) is 6.92 Å². The van der Waals surface area contributed by atoms with Crippen molar-refractivity contribution in [3.8, 4) is 5.69 Å². The molecule has 2 aromatic rings. The maximum Gasteiger partial charge on any atom is 0.289 e. The summed E-state index contributed by atoms with van der Waals surface area (Å²) in [4.78, 5) is 23.7. The molecule has 1 aromatic heterocycles. The molecule has 0 aliphatic rings. The lowest BCUT2D eigenvalue weighted by atomic mass is 10.3. The molecule has 0 bridgehead atoms. The molecule has 22 heavy (non-hydrogen) atoms. The number of nitrogens with one attached hydrogen (secondary N) is 1. The SMILES string of the molecule is Cc1cc(=O)c(C(=O)NS(C)(=O)=O)nn1-c1ccc(Cl)cc1. The van der Waals surface area contributed by atoms with Gasteiger partial charge in [-0.1, -0.05) is 11.6 Å². The zero-order valence-corrected chi connectivity index (χ0v) is 13.3. The van der Waals surface area contributed by atoms with Gasteiger partial charge in [0.25, 0.3) is 5.91 Å². The van der Waals surface area contributed by atoms with Gasteiger partial charge in [0.15, 0.2) is 5.69 Å². The lowest BCUT2D eigenvalue weighted by Crippen LogP contribution is -2.35. The van der Waals surface area contributed by atoms with Gasteiger partial charge in [-0.2, -0.15) is 5.10 Å². The van der Waals surface area contributed by atoms with Crippen LogP contribution in [0, 0.1) is 6.92 Å². The van der Waals surface area contributed by atoms with Gasteiger partial charge in [-0.25, -0.2) is 17.8 Å². The maximum absolute atomic E-state index is 11.9. The molecule has 1 N–H and O–H groups in total. The molecule has 0 spiro atoms. The number of hydrogen-bond donors (Lipinski definition) is 1. The Balaban J connectivity index is 2.54. The fourth-order valence-corrected chi connectivity index (χ4v) is 2.32. The van der Waals surface area contributed by atoms with Crippen LogP contribution in [0.4, 0.5) is 0 Å². The number of sulfonamides is 1. The molecule has 0 aliphatic heterocycles. The summed E-state index contributed by atoms with van der Waals surface area (Å²) in [6, 6.07) is 7.79. The second kappa shape index (κ2) is 5.90. The molecule has 0 unspecified atom stereocenters. The van der Waals surface area contributed by atoms with Gasteiger partial charge in [0.05, 0.1) is 11.9 Å². The monoisotopic (exact) mass is 341 g/mol. The summed E-state index contributed by atoms with van der Waals surface area (Å²) in [6.07, 6.45) is 0.816. The Bertz CT molecular complexity index is 888. The largest absolute Gasteiger partial charge is 0.289 e. The van der Waals surface area contributed by atoms with E-state index >= 15 is 0 Å². The lowest BCUT2D eigenvalue weighted by Gasteiger charge is -2.11. The molecule has 9 heteroatoms. The Morgan fingerprint density at radius 2 is 1.86 bits per heavy atom. The summed E-state index contributed by atoms with van der Waals surface area (Å²) in [5, 5.41) is 4.47. The molecule has 0 fully saturated rings. The van der Waals surface area contributed by atoms with Gasteiger partial charge in [-0.05, 0) is 31.2 Å². The highest BCUT2D eigenvalue weighted by Crippen LogP contribution is 2.13. The van der Waals surface area contributed by atoms with Gasteiger partial charge in [0.1, 0.15) is 0 Å². The fraction of sp³-hybridized carbons (Fsp3) is 0.154. The first-order chi connectivity index (χ1) is 10.2. The molecular formula is C13H12ClN3O4S. The predicted octanol–water partition coefficient (Wildman–Crippen LogP) is 0.884. The van der Waals surface area contributed by atoms with Gasteiger partial charge in [0.2, 0.25) is 15.5 Å². The molecule has 2 rings (SSSR count). The van der Waals surface area contributed by atoms with E-state index < -0.39 is 27.1 Å². The highest BCUT2D eigenvalue weighted by molar-refractivity contribution is 7.89. The van der Waals surface area contributed by atoms with E-state index in [1.54, 1.807) is 35.9 Å². The number of nitrogens with zero attached hydrogens (tertiary/aromatic N) is 2. The molecule has 1 amide bonds. The highest BCUT2D eigenvalue weighted by atomic mass is 35.5. The van der Waals surface area contributed by atoms with Crippen molar-refractivity contribution in [3.05, 3.63) is 57.0 Å². The highest BCUT2D eigenvalue weighted by Gasteiger charge is 2.18. The summed E-state index contributed by atoms with van der Waals surface area (Å²) >= 11 is 5.81. The molecule has 0 radical (unpaired) electrons.